The van der Waals surface area contributed by atoms with Gasteiger partial charge < -0.3 is 4.90 Å². The highest BCUT2D eigenvalue weighted by Crippen LogP contribution is 2.06. The molecule has 0 spiro atoms. The fraction of sp³-hybridized carbons (Fsp3) is 0.846. The van der Waals surface area contributed by atoms with Gasteiger partial charge in [0.2, 0.25) is 0 Å². The summed E-state index contributed by atoms with van der Waals surface area (Å²) in [4.78, 5) is 2.27. The molecule has 0 unspecified atom stereocenters. The van der Waals surface area contributed by atoms with Gasteiger partial charge in [-0.1, -0.05) is 38.3 Å². The zero-order valence-corrected chi connectivity index (χ0v) is 10.3. The summed E-state index contributed by atoms with van der Waals surface area (Å²) in [5.74, 6) is 0. The second-order valence-corrected chi connectivity index (χ2v) is 4.24. The van der Waals surface area contributed by atoms with Gasteiger partial charge in [0.05, 0.1) is 0 Å². The predicted octanol–water partition coefficient (Wildman–Crippen LogP) is 3.85. The minimum absolute atomic E-state index is 1.18. The van der Waals surface area contributed by atoms with Gasteiger partial charge in [0.25, 0.3) is 0 Å². The molecule has 0 saturated carbocycles. The second kappa shape index (κ2) is 10.8. The summed E-state index contributed by atoms with van der Waals surface area (Å²) in [6, 6.07) is 0. The summed E-state index contributed by atoms with van der Waals surface area (Å²) >= 11 is 0. The molecule has 0 N–H and O–H groups in total. The quantitative estimate of drug-likeness (QED) is 0.401. The molecule has 0 aromatic rings. The first-order chi connectivity index (χ1) is 6.77. The van der Waals surface area contributed by atoms with E-state index in [1.54, 1.807) is 0 Å². The Labute approximate surface area is 90.2 Å². The van der Waals surface area contributed by atoms with Gasteiger partial charge in [0.1, 0.15) is 0 Å². The van der Waals surface area contributed by atoms with Crippen LogP contribution in [-0.2, 0) is 0 Å². The van der Waals surface area contributed by atoms with Gasteiger partial charge in [-0.25, -0.2) is 0 Å². The largest absolute Gasteiger partial charge is 0.309 e. The molecular weight excluding hydrogens is 170 g/mol. The van der Waals surface area contributed by atoms with Crippen LogP contribution in [0.4, 0.5) is 0 Å². The number of hydrogen-bond donors (Lipinski definition) is 0. The number of hydrogen-bond acceptors (Lipinski definition) is 1. The number of nitrogens with zero attached hydrogens (tertiary/aromatic N) is 1. The summed E-state index contributed by atoms with van der Waals surface area (Å²) in [6.07, 6.45) is 14.0. The summed E-state index contributed by atoms with van der Waals surface area (Å²) in [5.41, 5.74) is 0. The van der Waals surface area contributed by atoms with Gasteiger partial charge in [-0.3, -0.25) is 0 Å². The Balaban J connectivity index is 2.95. The first-order valence-electron chi connectivity index (χ1n) is 6.07. The number of rotatable bonds is 9. The highest BCUT2D eigenvalue weighted by molar-refractivity contribution is 4.79. The van der Waals surface area contributed by atoms with E-state index in [1.807, 2.05) is 0 Å². The van der Waals surface area contributed by atoms with Crippen molar-refractivity contribution >= 4 is 0 Å². The predicted molar refractivity (Wildman–Crippen MR) is 65.7 cm³/mol. The van der Waals surface area contributed by atoms with Gasteiger partial charge in [0.15, 0.2) is 0 Å². The van der Waals surface area contributed by atoms with Crippen LogP contribution in [0.15, 0.2) is 12.2 Å². The van der Waals surface area contributed by atoms with Crippen LogP contribution in [0.3, 0.4) is 0 Å². The number of unbranched alkanes of at least 4 members (excludes halogenated alkanes) is 5. The highest BCUT2D eigenvalue weighted by atomic mass is 15.0. The van der Waals surface area contributed by atoms with E-state index in [-0.39, 0.29) is 0 Å². The van der Waals surface area contributed by atoms with Crippen LogP contribution in [0.1, 0.15) is 51.9 Å². The van der Waals surface area contributed by atoms with Gasteiger partial charge >= 0.3 is 0 Å². The van der Waals surface area contributed by atoms with E-state index in [0.29, 0.717) is 0 Å². The molecule has 0 rings (SSSR count). The van der Waals surface area contributed by atoms with Crippen LogP contribution in [0.25, 0.3) is 0 Å². The van der Waals surface area contributed by atoms with E-state index in [1.165, 1.54) is 51.5 Å². The van der Waals surface area contributed by atoms with Crippen LogP contribution < -0.4 is 0 Å². The van der Waals surface area contributed by atoms with Crippen molar-refractivity contribution in [3.63, 3.8) is 0 Å². The lowest BCUT2D eigenvalue weighted by molar-refractivity contribution is 0.390. The maximum absolute atomic E-state index is 2.32. The van der Waals surface area contributed by atoms with Gasteiger partial charge in [0, 0.05) is 0 Å². The number of allylic oxidation sites excluding steroid dienone is 2. The topological polar surface area (TPSA) is 3.24 Å². The molecule has 84 valence electrons. The Morgan fingerprint density at radius 1 is 0.857 bits per heavy atom. The fourth-order valence-corrected chi connectivity index (χ4v) is 1.51. The zero-order chi connectivity index (χ0) is 10.6. The molecule has 0 aromatic carbocycles. The lowest BCUT2D eigenvalue weighted by Gasteiger charge is -2.08. The van der Waals surface area contributed by atoms with Crippen molar-refractivity contribution in [1.82, 2.24) is 4.90 Å². The van der Waals surface area contributed by atoms with Crippen LogP contribution in [0.2, 0.25) is 0 Å². The monoisotopic (exact) mass is 197 g/mol. The Bertz CT molecular complexity index is 127. The molecule has 0 atom stereocenters. The van der Waals surface area contributed by atoms with Crippen LogP contribution in [0, 0.1) is 0 Å². The third-order valence-electron chi connectivity index (χ3n) is 2.38. The van der Waals surface area contributed by atoms with E-state index in [2.05, 4.69) is 38.1 Å². The standard InChI is InChI=1S/C13H27N/c1-4-5-6-7-8-9-10-11-12-13-14(2)3/h5-6H,4,7-13H2,1-3H3/b6-5+. The molecule has 0 fully saturated rings. The second-order valence-electron chi connectivity index (χ2n) is 4.24. The van der Waals surface area contributed by atoms with Gasteiger partial charge in [-0.2, -0.15) is 0 Å². The van der Waals surface area contributed by atoms with Gasteiger partial charge in [-0.15, -0.1) is 0 Å². The average Bonchev–Trinajstić information content (AvgIpc) is 2.15. The van der Waals surface area contributed by atoms with E-state index < -0.39 is 0 Å². The highest BCUT2D eigenvalue weighted by Gasteiger charge is 1.91. The SMILES string of the molecule is CC/C=C/CCCCCCCN(C)C. The van der Waals surface area contributed by atoms with Crippen LogP contribution in [0.5, 0.6) is 0 Å². The van der Waals surface area contributed by atoms with Crippen molar-refractivity contribution in [3.8, 4) is 0 Å². The van der Waals surface area contributed by atoms with E-state index in [0.717, 1.165) is 0 Å². The van der Waals surface area contributed by atoms with Crippen molar-refractivity contribution < 1.29 is 0 Å². The Hall–Kier alpha value is -0.300. The normalized spacial score (nSPS) is 11.7. The Morgan fingerprint density at radius 2 is 1.50 bits per heavy atom. The molecule has 1 nitrogen and oxygen atoms in total. The molecule has 14 heavy (non-hydrogen) atoms. The molecule has 0 amide bonds. The van der Waals surface area contributed by atoms with E-state index in [4.69, 9.17) is 0 Å². The molecule has 0 aliphatic heterocycles. The summed E-state index contributed by atoms with van der Waals surface area (Å²) in [7, 11) is 4.30. The van der Waals surface area contributed by atoms with Crippen LogP contribution >= 0.6 is 0 Å². The molecule has 0 aliphatic rings. The van der Waals surface area contributed by atoms with Crippen molar-refractivity contribution in [2.75, 3.05) is 20.6 Å². The molecular formula is C13H27N. The maximum atomic E-state index is 2.32. The Morgan fingerprint density at radius 3 is 2.14 bits per heavy atom. The molecule has 0 heterocycles. The van der Waals surface area contributed by atoms with Crippen molar-refractivity contribution in [1.29, 1.82) is 0 Å². The molecule has 1 heteroatoms. The first kappa shape index (κ1) is 13.7. The first-order valence-corrected chi connectivity index (χ1v) is 6.07. The van der Waals surface area contributed by atoms with Crippen LogP contribution in [-0.4, -0.2) is 25.5 Å². The molecule has 0 bridgehead atoms. The lowest BCUT2D eigenvalue weighted by atomic mass is 10.1. The van der Waals surface area contributed by atoms with Gasteiger partial charge in [-0.05, 0) is 46.3 Å². The minimum atomic E-state index is 1.18. The van der Waals surface area contributed by atoms with E-state index >= 15 is 0 Å². The maximum Gasteiger partial charge on any atom is -0.00248 e. The smallest absolute Gasteiger partial charge is 0.00248 e. The molecule has 0 saturated heterocycles. The van der Waals surface area contributed by atoms with E-state index in [9.17, 15) is 0 Å². The van der Waals surface area contributed by atoms with Crippen molar-refractivity contribution in [3.05, 3.63) is 12.2 Å². The van der Waals surface area contributed by atoms with Crippen molar-refractivity contribution in [2.24, 2.45) is 0 Å². The molecule has 0 radical (unpaired) electrons. The zero-order valence-electron chi connectivity index (χ0n) is 10.3. The Kier molecular flexibility index (Phi) is 10.5. The summed E-state index contributed by atoms with van der Waals surface area (Å²) < 4.78 is 0. The molecule has 0 aliphatic carbocycles. The third kappa shape index (κ3) is 11.7. The minimum Gasteiger partial charge on any atom is -0.309 e. The fourth-order valence-electron chi connectivity index (χ4n) is 1.51. The summed E-state index contributed by atoms with van der Waals surface area (Å²) in [6.45, 7) is 3.44. The lowest BCUT2D eigenvalue weighted by Crippen LogP contribution is -2.12. The average molecular weight is 197 g/mol. The third-order valence-corrected chi connectivity index (χ3v) is 2.38. The van der Waals surface area contributed by atoms with Crippen molar-refractivity contribution in [2.45, 2.75) is 51.9 Å². The molecule has 0 aromatic heterocycles. The summed E-state index contributed by atoms with van der Waals surface area (Å²) in [5, 5.41) is 0.